The number of benzene rings is 3. The predicted molar refractivity (Wildman–Crippen MR) is 144 cm³/mol. The van der Waals surface area contributed by atoms with Crippen molar-refractivity contribution >= 4 is 40.5 Å². The molecule has 0 spiro atoms. The van der Waals surface area contributed by atoms with Crippen LogP contribution >= 0.6 is 23.4 Å². The zero-order valence-electron chi connectivity index (χ0n) is 19.1. The fourth-order valence-corrected chi connectivity index (χ4v) is 4.97. The first kappa shape index (κ1) is 23.2. The number of carbonyl (C=O) groups excluding carboxylic acids is 1. The van der Waals surface area contributed by atoms with Crippen molar-refractivity contribution < 1.29 is 9.21 Å². The molecule has 1 saturated heterocycles. The molecule has 1 aliphatic rings. The SMILES string of the molecule is Cc1ccc(Cl)cc1-c1ccc(/C=C2\SC(=NCc3ccccc3)N(Cc3ccccc3)C2=O)o1. The number of aryl methyl sites for hydroxylation is 1. The van der Waals surface area contributed by atoms with Crippen LogP contribution in [0.5, 0.6) is 0 Å². The van der Waals surface area contributed by atoms with Gasteiger partial charge in [-0.2, -0.15) is 0 Å². The largest absolute Gasteiger partial charge is 0.457 e. The summed E-state index contributed by atoms with van der Waals surface area (Å²) in [7, 11) is 0. The average Bonchev–Trinajstić information content (AvgIpc) is 3.46. The highest BCUT2D eigenvalue weighted by Gasteiger charge is 2.33. The van der Waals surface area contributed by atoms with Crippen molar-refractivity contribution in [1.82, 2.24) is 4.90 Å². The van der Waals surface area contributed by atoms with Crippen molar-refractivity contribution in [1.29, 1.82) is 0 Å². The summed E-state index contributed by atoms with van der Waals surface area (Å²) >= 11 is 7.56. The van der Waals surface area contributed by atoms with Crippen LogP contribution in [-0.2, 0) is 17.9 Å². The van der Waals surface area contributed by atoms with E-state index in [4.69, 9.17) is 21.0 Å². The van der Waals surface area contributed by atoms with Gasteiger partial charge in [0.15, 0.2) is 5.17 Å². The van der Waals surface area contributed by atoms with E-state index in [9.17, 15) is 4.79 Å². The molecular weight excluding hydrogens is 476 g/mol. The Kier molecular flexibility index (Phi) is 6.89. The Morgan fingerprint density at radius 1 is 0.943 bits per heavy atom. The molecule has 0 N–H and O–H groups in total. The molecule has 4 aromatic rings. The maximum atomic E-state index is 13.4. The second-order valence-corrected chi connectivity index (χ2v) is 9.68. The lowest BCUT2D eigenvalue weighted by molar-refractivity contribution is -0.122. The Bertz CT molecular complexity index is 1410. The first-order valence-electron chi connectivity index (χ1n) is 11.3. The van der Waals surface area contributed by atoms with Crippen LogP contribution in [0.3, 0.4) is 0 Å². The number of amides is 1. The lowest BCUT2D eigenvalue weighted by atomic mass is 10.1. The van der Waals surface area contributed by atoms with Crippen LogP contribution in [0.2, 0.25) is 5.02 Å². The number of nitrogens with zero attached hydrogens (tertiary/aromatic N) is 2. The number of amidine groups is 1. The first-order valence-corrected chi connectivity index (χ1v) is 12.5. The molecular formula is C29H23ClN2O2S. The fourth-order valence-electron chi connectivity index (χ4n) is 3.84. The van der Waals surface area contributed by atoms with Crippen molar-refractivity contribution in [3.63, 3.8) is 0 Å². The van der Waals surface area contributed by atoms with Gasteiger partial charge >= 0.3 is 0 Å². The molecule has 0 atom stereocenters. The quantitative estimate of drug-likeness (QED) is 0.257. The maximum absolute atomic E-state index is 13.4. The Morgan fingerprint density at radius 2 is 1.66 bits per heavy atom. The Morgan fingerprint density at radius 3 is 2.40 bits per heavy atom. The van der Waals surface area contributed by atoms with Gasteiger partial charge < -0.3 is 4.42 Å². The smallest absolute Gasteiger partial charge is 0.267 e. The van der Waals surface area contributed by atoms with Crippen molar-refractivity contribution in [2.45, 2.75) is 20.0 Å². The van der Waals surface area contributed by atoms with Gasteiger partial charge in [0.25, 0.3) is 5.91 Å². The standard InChI is InChI=1S/C29H23ClN2O2S/c1-20-12-13-23(30)16-25(20)26-15-14-24(34-26)17-27-28(33)32(19-22-10-6-3-7-11-22)29(35-27)31-18-21-8-4-2-5-9-21/h2-17H,18-19H2,1H3/b27-17-,31-29?. The van der Waals surface area contributed by atoms with Gasteiger partial charge in [0.05, 0.1) is 18.0 Å². The number of aliphatic imine (C=N–C) groups is 1. The van der Waals surface area contributed by atoms with Crippen molar-refractivity contribution in [3.8, 4) is 11.3 Å². The van der Waals surface area contributed by atoms with Gasteiger partial charge in [-0.05, 0) is 59.6 Å². The summed E-state index contributed by atoms with van der Waals surface area (Å²) in [5.41, 5.74) is 4.14. The van der Waals surface area contributed by atoms with E-state index in [-0.39, 0.29) is 5.91 Å². The molecule has 174 valence electrons. The minimum absolute atomic E-state index is 0.0810. The van der Waals surface area contributed by atoms with E-state index in [0.29, 0.717) is 39.7 Å². The van der Waals surface area contributed by atoms with Crippen molar-refractivity contribution in [2.24, 2.45) is 4.99 Å². The molecule has 1 amide bonds. The lowest BCUT2D eigenvalue weighted by Crippen LogP contribution is -2.28. The molecule has 0 aliphatic carbocycles. The molecule has 0 radical (unpaired) electrons. The average molecular weight is 499 g/mol. The molecule has 1 aromatic heterocycles. The molecule has 1 aliphatic heterocycles. The van der Waals surface area contributed by atoms with Gasteiger partial charge in [-0.15, -0.1) is 0 Å². The summed E-state index contributed by atoms with van der Waals surface area (Å²) in [6.07, 6.45) is 1.79. The molecule has 4 nitrogen and oxygen atoms in total. The number of carbonyl (C=O) groups is 1. The first-order chi connectivity index (χ1) is 17.1. The molecule has 0 saturated carbocycles. The van der Waals surface area contributed by atoms with Gasteiger partial charge in [0.1, 0.15) is 11.5 Å². The Balaban J connectivity index is 1.43. The number of hydrogen-bond donors (Lipinski definition) is 0. The number of thioether (sulfide) groups is 1. The zero-order valence-corrected chi connectivity index (χ0v) is 20.7. The highest BCUT2D eigenvalue weighted by molar-refractivity contribution is 8.18. The Labute approximate surface area is 213 Å². The van der Waals surface area contributed by atoms with Gasteiger partial charge in [0.2, 0.25) is 0 Å². The summed E-state index contributed by atoms with van der Waals surface area (Å²) in [6, 6.07) is 29.5. The molecule has 0 unspecified atom stereocenters. The van der Waals surface area contributed by atoms with Crippen LogP contribution in [0.25, 0.3) is 17.4 Å². The van der Waals surface area contributed by atoms with Crippen molar-refractivity contribution in [2.75, 3.05) is 0 Å². The van der Waals surface area contributed by atoms with E-state index < -0.39 is 0 Å². The summed E-state index contributed by atoms with van der Waals surface area (Å²) in [4.78, 5) is 20.5. The Hall–Kier alpha value is -3.54. The van der Waals surface area contributed by atoms with Crippen LogP contribution in [0.1, 0.15) is 22.5 Å². The van der Waals surface area contributed by atoms with Gasteiger partial charge in [-0.25, -0.2) is 0 Å². The normalized spacial score (nSPS) is 15.9. The van der Waals surface area contributed by atoms with Crippen LogP contribution in [0.15, 0.2) is 105 Å². The summed E-state index contributed by atoms with van der Waals surface area (Å²) in [5, 5.41) is 1.34. The van der Waals surface area contributed by atoms with Crippen LogP contribution in [0, 0.1) is 6.92 Å². The van der Waals surface area contributed by atoms with Gasteiger partial charge in [-0.1, -0.05) is 78.3 Å². The molecule has 2 heterocycles. The summed E-state index contributed by atoms with van der Waals surface area (Å²) in [5.74, 6) is 1.24. The number of hydrogen-bond acceptors (Lipinski definition) is 4. The highest BCUT2D eigenvalue weighted by Crippen LogP contribution is 2.35. The van der Waals surface area contributed by atoms with E-state index in [1.165, 1.54) is 11.8 Å². The zero-order chi connectivity index (χ0) is 24.2. The number of furan rings is 1. The van der Waals surface area contributed by atoms with Gasteiger partial charge in [-0.3, -0.25) is 14.7 Å². The fraction of sp³-hybridized carbons (Fsp3) is 0.103. The monoisotopic (exact) mass is 498 g/mol. The maximum Gasteiger partial charge on any atom is 0.267 e. The third-order valence-corrected chi connectivity index (χ3v) is 6.96. The van der Waals surface area contributed by atoms with Gasteiger partial charge in [0, 0.05) is 16.7 Å². The minimum atomic E-state index is -0.0810. The van der Waals surface area contributed by atoms with E-state index in [1.807, 2.05) is 97.9 Å². The van der Waals surface area contributed by atoms with E-state index in [1.54, 1.807) is 11.0 Å². The van der Waals surface area contributed by atoms with Crippen LogP contribution < -0.4 is 0 Å². The molecule has 0 bridgehead atoms. The van der Waals surface area contributed by atoms with Crippen molar-refractivity contribution in [3.05, 3.63) is 123 Å². The van der Waals surface area contributed by atoms with Crippen LogP contribution in [0.4, 0.5) is 0 Å². The summed E-state index contributed by atoms with van der Waals surface area (Å²) in [6.45, 7) is 2.98. The third-order valence-electron chi connectivity index (χ3n) is 5.68. The molecule has 6 heteroatoms. The second-order valence-electron chi connectivity index (χ2n) is 8.23. The van der Waals surface area contributed by atoms with E-state index in [2.05, 4.69) is 0 Å². The topological polar surface area (TPSA) is 45.8 Å². The predicted octanol–water partition coefficient (Wildman–Crippen LogP) is 7.58. The summed E-state index contributed by atoms with van der Waals surface area (Å²) < 4.78 is 6.07. The van der Waals surface area contributed by atoms with Crippen LogP contribution in [-0.4, -0.2) is 16.0 Å². The van der Waals surface area contributed by atoms with E-state index >= 15 is 0 Å². The van der Waals surface area contributed by atoms with E-state index in [0.717, 1.165) is 22.3 Å². The lowest BCUT2D eigenvalue weighted by Gasteiger charge is -2.15. The third kappa shape index (κ3) is 5.42. The molecule has 35 heavy (non-hydrogen) atoms. The number of rotatable bonds is 6. The second kappa shape index (κ2) is 10.4. The molecule has 3 aromatic carbocycles. The number of halogens is 1. The molecule has 5 rings (SSSR count). The molecule has 1 fully saturated rings. The highest BCUT2D eigenvalue weighted by atomic mass is 35.5. The minimum Gasteiger partial charge on any atom is -0.457 e.